The SMILES string of the molecule is C[C@@]12CCC(=O)N1[C@@H](C(=O)NNC(=O)c1ccc(F)cc1)CS2. The molecule has 0 bridgehead atoms. The zero-order valence-corrected chi connectivity index (χ0v) is 13.3. The van der Waals surface area contributed by atoms with Crippen LogP contribution in [0.3, 0.4) is 0 Å². The second-order valence-electron chi connectivity index (χ2n) is 5.72. The van der Waals surface area contributed by atoms with Crippen molar-refractivity contribution in [1.29, 1.82) is 0 Å². The first-order valence-corrected chi connectivity index (χ1v) is 8.21. The normalized spacial score (nSPS) is 26.1. The Hall–Kier alpha value is -2.09. The van der Waals surface area contributed by atoms with Gasteiger partial charge in [-0.2, -0.15) is 0 Å². The van der Waals surface area contributed by atoms with E-state index in [0.29, 0.717) is 12.2 Å². The number of hydrogen-bond acceptors (Lipinski definition) is 4. The van der Waals surface area contributed by atoms with Crippen LogP contribution in [0.25, 0.3) is 0 Å². The zero-order valence-electron chi connectivity index (χ0n) is 12.5. The summed E-state index contributed by atoms with van der Waals surface area (Å²) in [5.74, 6) is -0.949. The quantitative estimate of drug-likeness (QED) is 0.791. The molecule has 2 heterocycles. The lowest BCUT2D eigenvalue weighted by molar-refractivity contribution is -0.138. The first kappa shape index (κ1) is 15.8. The lowest BCUT2D eigenvalue weighted by Gasteiger charge is -2.29. The van der Waals surface area contributed by atoms with Gasteiger partial charge in [0.05, 0.1) is 4.87 Å². The van der Waals surface area contributed by atoms with Gasteiger partial charge in [-0.25, -0.2) is 4.39 Å². The molecule has 0 aliphatic carbocycles. The molecule has 1 aromatic rings. The molecule has 3 amide bonds. The van der Waals surface area contributed by atoms with Gasteiger partial charge in [-0.3, -0.25) is 25.2 Å². The Balaban J connectivity index is 1.60. The molecule has 1 aromatic carbocycles. The molecule has 0 saturated carbocycles. The Kier molecular flexibility index (Phi) is 4.01. The molecular weight excluding hydrogens is 321 g/mol. The third-order valence-corrected chi connectivity index (χ3v) is 5.66. The molecule has 122 valence electrons. The third kappa shape index (κ3) is 2.90. The number of fused-ring (bicyclic) bond motifs is 1. The summed E-state index contributed by atoms with van der Waals surface area (Å²) in [4.78, 5) is 37.4. The Morgan fingerprint density at radius 3 is 2.70 bits per heavy atom. The van der Waals surface area contributed by atoms with E-state index in [4.69, 9.17) is 0 Å². The van der Waals surface area contributed by atoms with E-state index in [1.165, 1.54) is 24.3 Å². The van der Waals surface area contributed by atoms with Crippen LogP contribution in [0, 0.1) is 5.82 Å². The molecule has 3 rings (SSSR count). The molecule has 2 fully saturated rings. The molecule has 0 unspecified atom stereocenters. The summed E-state index contributed by atoms with van der Waals surface area (Å²) < 4.78 is 12.8. The van der Waals surface area contributed by atoms with Gasteiger partial charge in [-0.15, -0.1) is 11.8 Å². The summed E-state index contributed by atoms with van der Waals surface area (Å²) in [5, 5.41) is 0. The van der Waals surface area contributed by atoms with E-state index < -0.39 is 23.7 Å². The highest BCUT2D eigenvalue weighted by molar-refractivity contribution is 8.01. The average molecular weight is 337 g/mol. The molecule has 2 atom stereocenters. The predicted octanol–water partition coefficient (Wildman–Crippen LogP) is 1.04. The summed E-state index contributed by atoms with van der Waals surface area (Å²) in [6.45, 7) is 1.95. The van der Waals surface area contributed by atoms with E-state index in [9.17, 15) is 18.8 Å². The molecule has 23 heavy (non-hydrogen) atoms. The van der Waals surface area contributed by atoms with Gasteiger partial charge in [0.25, 0.3) is 11.8 Å². The van der Waals surface area contributed by atoms with Crippen LogP contribution in [-0.4, -0.2) is 39.3 Å². The van der Waals surface area contributed by atoms with Gasteiger partial charge in [0.2, 0.25) is 5.91 Å². The number of hydrazine groups is 1. The fraction of sp³-hybridized carbons (Fsp3) is 0.400. The third-order valence-electron chi connectivity index (χ3n) is 4.15. The van der Waals surface area contributed by atoms with Crippen LogP contribution in [0.1, 0.15) is 30.1 Å². The van der Waals surface area contributed by atoms with Crippen molar-refractivity contribution in [2.45, 2.75) is 30.7 Å². The number of rotatable bonds is 2. The molecule has 0 aromatic heterocycles. The first-order valence-electron chi connectivity index (χ1n) is 7.22. The van der Waals surface area contributed by atoms with Crippen LogP contribution >= 0.6 is 11.8 Å². The topological polar surface area (TPSA) is 78.5 Å². The van der Waals surface area contributed by atoms with Gasteiger partial charge in [0.1, 0.15) is 11.9 Å². The molecule has 2 aliphatic heterocycles. The highest BCUT2D eigenvalue weighted by atomic mass is 32.2. The van der Waals surface area contributed by atoms with Crippen LogP contribution < -0.4 is 10.9 Å². The van der Waals surface area contributed by atoms with Crippen LogP contribution in [0.15, 0.2) is 24.3 Å². The van der Waals surface area contributed by atoms with Crippen molar-refractivity contribution in [2.75, 3.05) is 5.75 Å². The number of hydrogen-bond donors (Lipinski definition) is 2. The number of halogens is 1. The molecule has 0 spiro atoms. The standard InChI is InChI=1S/C15H16FN3O3S/c1-15-7-6-12(20)19(15)11(8-23-15)14(22)18-17-13(21)9-2-4-10(16)5-3-9/h2-5,11H,6-8H2,1H3,(H,17,21)(H,18,22)/t11-,15-/m1/s1. The maximum atomic E-state index is 12.8. The van der Waals surface area contributed by atoms with Gasteiger partial charge in [0, 0.05) is 17.7 Å². The Labute approximate surface area is 136 Å². The van der Waals surface area contributed by atoms with Crippen molar-refractivity contribution in [3.63, 3.8) is 0 Å². The summed E-state index contributed by atoms with van der Waals surface area (Å²) in [7, 11) is 0. The Bertz CT molecular complexity index is 666. The number of benzene rings is 1. The second kappa shape index (κ2) is 5.84. The van der Waals surface area contributed by atoms with E-state index in [2.05, 4.69) is 10.9 Å². The summed E-state index contributed by atoms with van der Waals surface area (Å²) in [6, 6.07) is 4.39. The minimum absolute atomic E-state index is 0.0393. The molecule has 6 nitrogen and oxygen atoms in total. The average Bonchev–Trinajstić information content (AvgIpc) is 3.02. The summed E-state index contributed by atoms with van der Waals surface area (Å²) in [6.07, 6.45) is 1.16. The number of nitrogens with one attached hydrogen (secondary N) is 2. The van der Waals surface area contributed by atoms with Crippen molar-refractivity contribution in [2.24, 2.45) is 0 Å². The largest absolute Gasteiger partial charge is 0.315 e. The van der Waals surface area contributed by atoms with E-state index in [0.717, 1.165) is 6.42 Å². The van der Waals surface area contributed by atoms with Crippen molar-refractivity contribution in [1.82, 2.24) is 15.8 Å². The van der Waals surface area contributed by atoms with Gasteiger partial charge in [-0.05, 0) is 37.6 Å². The monoisotopic (exact) mass is 337 g/mol. The zero-order chi connectivity index (χ0) is 16.6. The van der Waals surface area contributed by atoms with E-state index in [-0.39, 0.29) is 16.3 Å². The first-order chi connectivity index (χ1) is 10.9. The molecule has 0 radical (unpaired) electrons. The van der Waals surface area contributed by atoms with E-state index in [1.54, 1.807) is 16.7 Å². The van der Waals surface area contributed by atoms with Crippen molar-refractivity contribution >= 4 is 29.5 Å². The molecule has 2 N–H and O–H groups in total. The minimum atomic E-state index is -0.589. The van der Waals surface area contributed by atoms with Crippen LogP contribution in [0.2, 0.25) is 0 Å². The van der Waals surface area contributed by atoms with Crippen LogP contribution in [-0.2, 0) is 9.59 Å². The highest BCUT2D eigenvalue weighted by Gasteiger charge is 2.52. The summed E-state index contributed by atoms with van der Waals surface area (Å²) in [5.41, 5.74) is 4.87. The molecule has 2 aliphatic rings. The maximum absolute atomic E-state index is 12.8. The Morgan fingerprint density at radius 2 is 2.00 bits per heavy atom. The van der Waals surface area contributed by atoms with Crippen molar-refractivity contribution in [3.8, 4) is 0 Å². The van der Waals surface area contributed by atoms with Crippen LogP contribution in [0.5, 0.6) is 0 Å². The fourth-order valence-electron chi connectivity index (χ4n) is 2.89. The predicted molar refractivity (Wildman–Crippen MR) is 82.7 cm³/mol. The van der Waals surface area contributed by atoms with E-state index in [1.807, 2.05) is 6.92 Å². The van der Waals surface area contributed by atoms with Crippen molar-refractivity contribution < 1.29 is 18.8 Å². The highest BCUT2D eigenvalue weighted by Crippen LogP contribution is 2.47. The number of nitrogens with zero attached hydrogens (tertiary/aromatic N) is 1. The lowest BCUT2D eigenvalue weighted by atomic mass is 10.2. The second-order valence-corrected chi connectivity index (χ2v) is 7.22. The molecule has 2 saturated heterocycles. The van der Waals surface area contributed by atoms with E-state index >= 15 is 0 Å². The van der Waals surface area contributed by atoms with Gasteiger partial charge < -0.3 is 4.90 Å². The number of carbonyl (C=O) groups excluding carboxylic acids is 3. The number of amides is 3. The Morgan fingerprint density at radius 1 is 1.30 bits per heavy atom. The van der Waals surface area contributed by atoms with Gasteiger partial charge >= 0.3 is 0 Å². The maximum Gasteiger partial charge on any atom is 0.269 e. The smallest absolute Gasteiger partial charge is 0.269 e. The lowest BCUT2D eigenvalue weighted by Crippen LogP contribution is -2.54. The minimum Gasteiger partial charge on any atom is -0.315 e. The van der Waals surface area contributed by atoms with Gasteiger partial charge in [-0.1, -0.05) is 0 Å². The fourth-order valence-corrected chi connectivity index (χ4v) is 4.32. The molecule has 8 heteroatoms. The number of carbonyl (C=O) groups is 3. The van der Waals surface area contributed by atoms with Crippen molar-refractivity contribution in [3.05, 3.63) is 35.6 Å². The molecular formula is C15H16FN3O3S. The van der Waals surface area contributed by atoms with Gasteiger partial charge in [0.15, 0.2) is 0 Å². The number of thioether (sulfide) groups is 1. The van der Waals surface area contributed by atoms with Crippen LogP contribution in [0.4, 0.5) is 4.39 Å². The summed E-state index contributed by atoms with van der Waals surface area (Å²) >= 11 is 1.58.